The molecule has 0 aliphatic rings. The highest BCUT2D eigenvalue weighted by atomic mass is 32.2. The minimum absolute atomic E-state index is 0.0513. The molecule has 0 bridgehead atoms. The molecular weight excluding hydrogens is 296 g/mol. The Hall–Kier alpha value is -1.82. The molecule has 0 spiro atoms. The Kier molecular flexibility index (Phi) is 5.60. The van der Waals surface area contributed by atoms with Gasteiger partial charge in [-0.05, 0) is 30.4 Å². The van der Waals surface area contributed by atoms with E-state index in [0.29, 0.717) is 6.42 Å². The number of nitrogens with zero attached hydrogens (tertiary/aromatic N) is 3. The van der Waals surface area contributed by atoms with Gasteiger partial charge < -0.3 is 5.32 Å². The van der Waals surface area contributed by atoms with E-state index in [1.165, 1.54) is 0 Å². The second kappa shape index (κ2) is 7.45. The number of carbonyl (C=O) groups excluding carboxylic acids is 1. The lowest BCUT2D eigenvalue weighted by molar-refractivity contribution is -0.116. The van der Waals surface area contributed by atoms with Crippen molar-refractivity contribution in [2.75, 3.05) is 11.1 Å². The molecule has 22 heavy (non-hydrogen) atoms. The lowest BCUT2D eigenvalue weighted by Gasteiger charge is -2.17. The van der Waals surface area contributed by atoms with E-state index in [0.717, 1.165) is 23.5 Å². The van der Waals surface area contributed by atoms with Crippen LogP contribution in [0.1, 0.15) is 33.6 Å². The topological polar surface area (TPSA) is 59.8 Å². The molecule has 6 heteroatoms. The lowest BCUT2D eigenvalue weighted by atomic mass is 10.2. The van der Waals surface area contributed by atoms with Gasteiger partial charge in [-0.25, -0.2) is 0 Å². The predicted molar refractivity (Wildman–Crippen MR) is 91.4 cm³/mol. The van der Waals surface area contributed by atoms with Crippen molar-refractivity contribution in [1.29, 1.82) is 0 Å². The monoisotopic (exact) mass is 318 g/mol. The average molecular weight is 318 g/mol. The van der Waals surface area contributed by atoms with Crippen molar-refractivity contribution in [2.24, 2.45) is 0 Å². The van der Waals surface area contributed by atoms with Gasteiger partial charge in [0.1, 0.15) is 12.7 Å². The minimum Gasteiger partial charge on any atom is -0.326 e. The molecule has 2 aromatic rings. The summed E-state index contributed by atoms with van der Waals surface area (Å²) in [6, 6.07) is 7.64. The largest absolute Gasteiger partial charge is 0.326 e. The summed E-state index contributed by atoms with van der Waals surface area (Å²) in [5.41, 5.74) is 1.71. The number of thioether (sulfide) groups is 1. The fourth-order valence-electron chi connectivity index (χ4n) is 1.91. The first-order valence-electron chi connectivity index (χ1n) is 7.33. The van der Waals surface area contributed by atoms with Crippen molar-refractivity contribution in [1.82, 2.24) is 14.8 Å². The van der Waals surface area contributed by atoms with Crippen LogP contribution in [-0.2, 0) is 4.79 Å². The van der Waals surface area contributed by atoms with E-state index in [1.54, 1.807) is 17.2 Å². The molecule has 0 saturated heterocycles. The molecule has 0 fully saturated rings. The maximum absolute atomic E-state index is 12.0. The summed E-state index contributed by atoms with van der Waals surface area (Å²) in [7, 11) is 0. The molecule has 0 radical (unpaired) electrons. The van der Waals surface area contributed by atoms with Gasteiger partial charge in [-0.2, -0.15) is 11.8 Å². The van der Waals surface area contributed by atoms with Gasteiger partial charge in [-0.15, -0.1) is 10.2 Å². The van der Waals surface area contributed by atoms with Crippen LogP contribution in [-0.4, -0.2) is 31.2 Å². The molecule has 2 rings (SSSR count). The van der Waals surface area contributed by atoms with Crippen molar-refractivity contribution in [3.8, 4) is 5.69 Å². The fourth-order valence-corrected chi connectivity index (χ4v) is 2.81. The van der Waals surface area contributed by atoms with Crippen molar-refractivity contribution in [3.63, 3.8) is 0 Å². The third-order valence-corrected chi connectivity index (χ3v) is 4.29. The number of aromatic nitrogens is 3. The van der Waals surface area contributed by atoms with Gasteiger partial charge >= 0.3 is 0 Å². The van der Waals surface area contributed by atoms with Gasteiger partial charge in [0.2, 0.25) is 5.91 Å². The zero-order valence-electron chi connectivity index (χ0n) is 13.2. The highest BCUT2D eigenvalue weighted by Gasteiger charge is 2.10. The summed E-state index contributed by atoms with van der Waals surface area (Å²) >= 11 is 1.89. The standard InChI is InChI=1S/C16H22N4OS/c1-16(2,3)22-9-5-8-15(21)19-13-6-4-7-14(10-13)20-11-17-18-12-20/h4,6-7,10-12H,5,8-9H2,1-3H3,(H,19,21). The van der Waals surface area contributed by atoms with Crippen molar-refractivity contribution in [3.05, 3.63) is 36.9 Å². The summed E-state index contributed by atoms with van der Waals surface area (Å²) in [5, 5.41) is 10.5. The van der Waals surface area contributed by atoms with Crippen LogP contribution in [0.15, 0.2) is 36.9 Å². The molecule has 1 aromatic carbocycles. The van der Waals surface area contributed by atoms with Crippen LogP contribution in [0, 0.1) is 0 Å². The predicted octanol–water partition coefficient (Wildman–Crippen LogP) is 3.52. The molecule has 1 aromatic heterocycles. The number of nitrogens with one attached hydrogen (secondary N) is 1. The molecule has 0 saturated carbocycles. The number of benzene rings is 1. The van der Waals surface area contributed by atoms with E-state index < -0.39 is 0 Å². The fraction of sp³-hybridized carbons (Fsp3) is 0.438. The van der Waals surface area contributed by atoms with Crippen LogP contribution >= 0.6 is 11.8 Å². The zero-order valence-corrected chi connectivity index (χ0v) is 14.1. The van der Waals surface area contributed by atoms with Crippen LogP contribution in [0.25, 0.3) is 5.69 Å². The lowest BCUT2D eigenvalue weighted by Crippen LogP contribution is -2.13. The van der Waals surface area contributed by atoms with E-state index in [-0.39, 0.29) is 10.7 Å². The first-order chi connectivity index (χ1) is 10.4. The molecule has 0 atom stereocenters. The number of anilines is 1. The van der Waals surface area contributed by atoms with E-state index in [4.69, 9.17) is 0 Å². The van der Waals surface area contributed by atoms with Crippen LogP contribution in [0.5, 0.6) is 0 Å². The summed E-state index contributed by atoms with van der Waals surface area (Å²) in [4.78, 5) is 12.0. The van der Waals surface area contributed by atoms with Crippen molar-refractivity contribution in [2.45, 2.75) is 38.4 Å². The zero-order chi connectivity index (χ0) is 16.0. The normalized spacial score (nSPS) is 11.4. The van der Waals surface area contributed by atoms with E-state index >= 15 is 0 Å². The van der Waals surface area contributed by atoms with E-state index in [2.05, 4.69) is 36.3 Å². The summed E-state index contributed by atoms with van der Waals surface area (Å²) in [6.07, 6.45) is 4.69. The first-order valence-corrected chi connectivity index (χ1v) is 8.31. The van der Waals surface area contributed by atoms with E-state index in [1.807, 2.05) is 36.0 Å². The number of hydrogen-bond donors (Lipinski definition) is 1. The quantitative estimate of drug-likeness (QED) is 0.828. The Balaban J connectivity index is 1.83. The van der Waals surface area contributed by atoms with Crippen LogP contribution < -0.4 is 5.32 Å². The second-order valence-corrected chi connectivity index (χ2v) is 7.95. The van der Waals surface area contributed by atoms with Crippen LogP contribution in [0.2, 0.25) is 0 Å². The van der Waals surface area contributed by atoms with Gasteiger partial charge in [-0.1, -0.05) is 26.8 Å². The molecular formula is C16H22N4OS. The highest BCUT2D eigenvalue weighted by Crippen LogP contribution is 2.24. The first kappa shape index (κ1) is 16.5. The van der Waals surface area contributed by atoms with Gasteiger partial charge in [0, 0.05) is 16.9 Å². The second-order valence-electron chi connectivity index (χ2n) is 6.03. The molecule has 0 unspecified atom stereocenters. The smallest absolute Gasteiger partial charge is 0.224 e. The Morgan fingerprint density at radius 3 is 2.68 bits per heavy atom. The van der Waals surface area contributed by atoms with Crippen molar-refractivity contribution < 1.29 is 4.79 Å². The minimum atomic E-state index is 0.0513. The van der Waals surface area contributed by atoms with Crippen molar-refractivity contribution >= 4 is 23.4 Å². The molecule has 1 amide bonds. The van der Waals surface area contributed by atoms with Gasteiger partial charge in [0.25, 0.3) is 0 Å². The molecule has 0 aliphatic carbocycles. The third kappa shape index (κ3) is 5.52. The number of amides is 1. The highest BCUT2D eigenvalue weighted by molar-refractivity contribution is 8.00. The Labute approximate surface area is 135 Å². The molecule has 1 heterocycles. The Morgan fingerprint density at radius 2 is 2.00 bits per heavy atom. The molecule has 118 valence electrons. The number of rotatable bonds is 6. The molecule has 5 nitrogen and oxygen atoms in total. The Morgan fingerprint density at radius 1 is 1.27 bits per heavy atom. The van der Waals surface area contributed by atoms with Crippen LogP contribution in [0.4, 0.5) is 5.69 Å². The maximum atomic E-state index is 12.0. The average Bonchev–Trinajstić information content (AvgIpc) is 2.97. The summed E-state index contributed by atoms with van der Waals surface area (Å²) in [6.45, 7) is 6.57. The number of carbonyl (C=O) groups is 1. The van der Waals surface area contributed by atoms with E-state index in [9.17, 15) is 4.79 Å². The molecule has 0 aliphatic heterocycles. The summed E-state index contributed by atoms with van der Waals surface area (Å²) in [5.74, 6) is 1.05. The van der Waals surface area contributed by atoms with Gasteiger partial charge in [0.15, 0.2) is 0 Å². The number of hydrogen-bond acceptors (Lipinski definition) is 4. The Bertz CT molecular complexity index is 605. The summed E-state index contributed by atoms with van der Waals surface area (Å²) < 4.78 is 2.05. The SMILES string of the molecule is CC(C)(C)SCCCC(=O)Nc1cccc(-n2cnnc2)c1. The van der Waals surface area contributed by atoms with Gasteiger partial charge in [0.05, 0.1) is 5.69 Å². The molecule has 1 N–H and O–H groups in total. The van der Waals surface area contributed by atoms with Crippen LogP contribution in [0.3, 0.4) is 0 Å². The third-order valence-electron chi connectivity index (χ3n) is 2.93. The van der Waals surface area contributed by atoms with Gasteiger partial charge in [-0.3, -0.25) is 9.36 Å². The maximum Gasteiger partial charge on any atom is 0.224 e.